The zero-order chi connectivity index (χ0) is 12.8. The van der Waals surface area contributed by atoms with Crippen LogP contribution in [0.15, 0.2) is 23.3 Å². The highest BCUT2D eigenvalue weighted by Crippen LogP contribution is 2.26. The molecule has 0 heterocycles. The number of hydrogen-bond donors (Lipinski definition) is 3. The van der Waals surface area contributed by atoms with Gasteiger partial charge in [0.15, 0.2) is 0 Å². The van der Waals surface area contributed by atoms with E-state index in [0.717, 1.165) is 0 Å². The molecule has 1 aromatic carbocycles. The van der Waals surface area contributed by atoms with Crippen LogP contribution in [0.1, 0.15) is 19.4 Å². The summed E-state index contributed by atoms with van der Waals surface area (Å²) in [5.74, 6) is -0.228. The van der Waals surface area contributed by atoms with Crippen molar-refractivity contribution in [2.45, 2.75) is 13.8 Å². The van der Waals surface area contributed by atoms with Gasteiger partial charge in [-0.15, -0.1) is 0 Å². The van der Waals surface area contributed by atoms with Crippen molar-refractivity contribution in [1.82, 2.24) is 5.43 Å². The minimum Gasteiger partial charge on any atom is -0.507 e. The molecule has 0 spiro atoms. The summed E-state index contributed by atoms with van der Waals surface area (Å²) >= 11 is 0. The summed E-state index contributed by atoms with van der Waals surface area (Å²) in [4.78, 5) is 11.0. The Morgan fingerprint density at radius 3 is 2.53 bits per heavy atom. The maximum atomic E-state index is 11.0. The van der Waals surface area contributed by atoms with E-state index < -0.39 is 6.09 Å². The van der Waals surface area contributed by atoms with Gasteiger partial charge in [-0.3, -0.25) is 0 Å². The Hall–Kier alpha value is -2.24. The lowest BCUT2D eigenvalue weighted by Gasteiger charge is -2.06. The number of hydrogen-bond acceptors (Lipinski definition) is 5. The fraction of sp³-hybridized carbons (Fsp3) is 0.273. The number of ether oxygens (including phenoxy) is 1. The van der Waals surface area contributed by atoms with E-state index in [1.807, 2.05) is 0 Å². The van der Waals surface area contributed by atoms with Crippen LogP contribution in [0, 0.1) is 0 Å². The van der Waals surface area contributed by atoms with Gasteiger partial charge in [-0.1, -0.05) is 6.07 Å². The molecule has 0 atom stereocenters. The smallest absolute Gasteiger partial charge is 0.427 e. The lowest BCUT2D eigenvalue weighted by Crippen LogP contribution is -2.20. The predicted octanol–water partition coefficient (Wildman–Crippen LogP) is 1.57. The van der Waals surface area contributed by atoms with Crippen LogP contribution in [-0.4, -0.2) is 28.6 Å². The number of phenols is 2. The van der Waals surface area contributed by atoms with E-state index in [9.17, 15) is 15.0 Å². The van der Waals surface area contributed by atoms with Gasteiger partial charge in [-0.25, -0.2) is 10.2 Å². The van der Waals surface area contributed by atoms with Gasteiger partial charge < -0.3 is 14.9 Å². The molecule has 0 radical (unpaired) electrons. The van der Waals surface area contributed by atoms with Crippen molar-refractivity contribution in [1.29, 1.82) is 0 Å². The van der Waals surface area contributed by atoms with Crippen LogP contribution in [0.25, 0.3) is 0 Å². The van der Waals surface area contributed by atoms with E-state index in [2.05, 4.69) is 15.3 Å². The van der Waals surface area contributed by atoms with E-state index >= 15 is 0 Å². The number of phenolic OH excluding ortho intramolecular Hbond substituents is 2. The number of nitrogens with zero attached hydrogens (tertiary/aromatic N) is 1. The standard InChI is InChI=1S/C11H14N2O4/c1-3-17-11(16)13-12-7(2)10-8(14)5-4-6-9(10)15/h4-6,14-15H,3H2,1-2H3,(H,13,16)/b12-7+. The Balaban J connectivity index is 2.85. The highest BCUT2D eigenvalue weighted by atomic mass is 16.5. The van der Waals surface area contributed by atoms with Crippen LogP contribution in [-0.2, 0) is 4.74 Å². The van der Waals surface area contributed by atoms with Crippen LogP contribution in [0.4, 0.5) is 4.79 Å². The molecule has 0 aliphatic carbocycles. The van der Waals surface area contributed by atoms with Gasteiger partial charge in [-0.2, -0.15) is 5.10 Å². The lowest BCUT2D eigenvalue weighted by atomic mass is 10.1. The summed E-state index contributed by atoms with van der Waals surface area (Å²) < 4.78 is 4.61. The van der Waals surface area contributed by atoms with Crippen LogP contribution >= 0.6 is 0 Å². The summed E-state index contributed by atoms with van der Waals surface area (Å²) in [6.45, 7) is 3.45. The Kier molecular flexibility index (Phi) is 4.33. The molecule has 17 heavy (non-hydrogen) atoms. The summed E-state index contributed by atoms with van der Waals surface area (Å²) in [6, 6.07) is 4.33. The molecule has 1 aromatic rings. The first-order chi connectivity index (χ1) is 8.06. The normalized spacial score (nSPS) is 11.1. The Bertz CT molecular complexity index is 423. The first kappa shape index (κ1) is 12.8. The van der Waals surface area contributed by atoms with Crippen LogP contribution in [0.3, 0.4) is 0 Å². The van der Waals surface area contributed by atoms with Crippen molar-refractivity contribution >= 4 is 11.8 Å². The Morgan fingerprint density at radius 1 is 1.41 bits per heavy atom. The zero-order valence-electron chi connectivity index (χ0n) is 9.60. The fourth-order valence-electron chi connectivity index (χ4n) is 1.25. The maximum Gasteiger partial charge on any atom is 0.427 e. The maximum absolute atomic E-state index is 11.0. The van der Waals surface area contributed by atoms with Crippen molar-refractivity contribution in [3.8, 4) is 11.5 Å². The second-order valence-electron chi connectivity index (χ2n) is 3.20. The highest BCUT2D eigenvalue weighted by molar-refractivity contribution is 6.03. The number of aromatic hydroxyl groups is 2. The van der Waals surface area contributed by atoms with Gasteiger partial charge in [-0.05, 0) is 26.0 Å². The third-order valence-electron chi connectivity index (χ3n) is 1.97. The van der Waals surface area contributed by atoms with Crippen molar-refractivity contribution in [3.05, 3.63) is 23.8 Å². The molecule has 0 aromatic heterocycles. The van der Waals surface area contributed by atoms with Crippen LogP contribution < -0.4 is 5.43 Å². The van der Waals surface area contributed by atoms with Gasteiger partial charge in [0, 0.05) is 0 Å². The number of amides is 1. The number of nitrogens with one attached hydrogen (secondary N) is 1. The van der Waals surface area contributed by atoms with Gasteiger partial charge >= 0.3 is 6.09 Å². The van der Waals surface area contributed by atoms with Gasteiger partial charge in [0.25, 0.3) is 0 Å². The Morgan fingerprint density at radius 2 is 2.00 bits per heavy atom. The molecule has 6 heteroatoms. The third-order valence-corrected chi connectivity index (χ3v) is 1.97. The minimum atomic E-state index is -0.693. The molecule has 0 aliphatic rings. The molecule has 6 nitrogen and oxygen atoms in total. The molecule has 1 rings (SSSR count). The summed E-state index contributed by atoms with van der Waals surface area (Å²) in [5.41, 5.74) is 2.58. The molecule has 0 bridgehead atoms. The van der Waals surface area contributed by atoms with Crippen molar-refractivity contribution in [2.24, 2.45) is 5.10 Å². The molecule has 0 unspecified atom stereocenters. The number of benzene rings is 1. The monoisotopic (exact) mass is 238 g/mol. The largest absolute Gasteiger partial charge is 0.507 e. The average molecular weight is 238 g/mol. The molecule has 0 saturated carbocycles. The van der Waals surface area contributed by atoms with E-state index in [1.54, 1.807) is 13.8 Å². The fourth-order valence-corrected chi connectivity index (χ4v) is 1.25. The van der Waals surface area contributed by atoms with Crippen LogP contribution in [0.5, 0.6) is 11.5 Å². The number of hydrazone groups is 1. The molecule has 0 aliphatic heterocycles. The quantitative estimate of drug-likeness (QED) is 0.550. The molecule has 1 amide bonds. The van der Waals surface area contributed by atoms with Gasteiger partial charge in [0.05, 0.1) is 17.9 Å². The molecule has 3 N–H and O–H groups in total. The Labute approximate surface area is 98.5 Å². The topological polar surface area (TPSA) is 91.2 Å². The van der Waals surface area contributed by atoms with E-state index in [4.69, 9.17) is 0 Å². The minimum absolute atomic E-state index is 0.114. The second-order valence-corrected chi connectivity index (χ2v) is 3.20. The lowest BCUT2D eigenvalue weighted by molar-refractivity contribution is 0.152. The van der Waals surface area contributed by atoms with Crippen molar-refractivity contribution < 1.29 is 19.7 Å². The average Bonchev–Trinajstić information content (AvgIpc) is 2.26. The van der Waals surface area contributed by atoms with Crippen molar-refractivity contribution in [2.75, 3.05) is 6.61 Å². The first-order valence-electron chi connectivity index (χ1n) is 5.04. The van der Waals surface area contributed by atoms with E-state index in [1.165, 1.54) is 18.2 Å². The molecular weight excluding hydrogens is 224 g/mol. The van der Waals surface area contributed by atoms with Gasteiger partial charge in [0.2, 0.25) is 0 Å². The summed E-state index contributed by atoms with van der Waals surface area (Å²) in [6.07, 6.45) is -0.693. The molecule has 0 saturated heterocycles. The molecular formula is C11H14N2O4. The van der Waals surface area contributed by atoms with Crippen molar-refractivity contribution in [3.63, 3.8) is 0 Å². The molecule has 0 fully saturated rings. The molecule has 92 valence electrons. The summed E-state index contributed by atoms with van der Waals surface area (Å²) in [7, 11) is 0. The number of rotatable bonds is 3. The highest BCUT2D eigenvalue weighted by Gasteiger charge is 2.10. The van der Waals surface area contributed by atoms with E-state index in [-0.39, 0.29) is 29.4 Å². The number of carbonyl (C=O) groups excluding carboxylic acids is 1. The second kappa shape index (κ2) is 5.74. The third kappa shape index (κ3) is 3.37. The van der Waals surface area contributed by atoms with Crippen LogP contribution in [0.2, 0.25) is 0 Å². The predicted molar refractivity (Wildman–Crippen MR) is 62.1 cm³/mol. The summed E-state index contributed by atoms with van der Waals surface area (Å²) in [5, 5.41) is 22.8. The number of carbonyl (C=O) groups is 1. The SMILES string of the molecule is CCOC(=O)N/N=C(\C)c1c(O)cccc1O. The first-order valence-corrected chi connectivity index (χ1v) is 5.04. The van der Waals surface area contributed by atoms with E-state index in [0.29, 0.717) is 0 Å². The van der Waals surface area contributed by atoms with Gasteiger partial charge in [0.1, 0.15) is 11.5 Å². The zero-order valence-corrected chi connectivity index (χ0v) is 9.60.